The molecule has 0 unspecified atom stereocenters. The number of thiocarbonyl (C=S) groups is 1. The fourth-order valence-electron chi connectivity index (χ4n) is 5.32. The molecule has 40 heavy (non-hydrogen) atoms. The van der Waals surface area contributed by atoms with Crippen molar-refractivity contribution in [3.8, 4) is 11.4 Å². The zero-order valence-electron chi connectivity index (χ0n) is 23.4. The minimum Gasteiger partial charge on any atom is -0.490 e. The molecule has 3 heterocycles. The van der Waals surface area contributed by atoms with Gasteiger partial charge in [0.15, 0.2) is 5.11 Å². The first-order valence-corrected chi connectivity index (χ1v) is 14.0. The Balaban J connectivity index is 1.59. The Kier molecular flexibility index (Phi) is 8.30. The van der Waals surface area contributed by atoms with Gasteiger partial charge in [0.25, 0.3) is 0 Å². The SMILES string of the molecule is COCCOc1ccc(N2C(=S)N[C@H](c3ccccn3)[C@@H]2c2cc(C)n(-c3ccc(N(C)C)cc3)c2C)cc1Cl. The molecule has 9 heteroatoms. The molecule has 0 saturated carbocycles. The fraction of sp³-hybridized carbons (Fsp3) is 0.290. The number of rotatable bonds is 9. The molecular formula is C31H34ClN5O2S. The van der Waals surface area contributed by atoms with E-state index >= 15 is 0 Å². The number of anilines is 2. The number of methoxy groups -OCH3 is 1. The quantitative estimate of drug-likeness (QED) is 0.183. The van der Waals surface area contributed by atoms with E-state index in [1.54, 1.807) is 7.11 Å². The number of ether oxygens (including phenoxy) is 2. The Hall–Kier alpha value is -3.59. The highest BCUT2D eigenvalue weighted by atomic mass is 35.5. The van der Waals surface area contributed by atoms with Crippen LogP contribution >= 0.6 is 23.8 Å². The van der Waals surface area contributed by atoms with Gasteiger partial charge in [-0.2, -0.15) is 0 Å². The number of hydrogen-bond acceptors (Lipinski definition) is 5. The second kappa shape index (κ2) is 11.9. The minimum atomic E-state index is -0.157. The summed E-state index contributed by atoms with van der Waals surface area (Å²) in [5.74, 6) is 0.609. The van der Waals surface area contributed by atoms with Crippen LogP contribution in [-0.4, -0.2) is 49.1 Å². The third-order valence-corrected chi connectivity index (χ3v) is 7.86. The monoisotopic (exact) mass is 575 g/mol. The topological polar surface area (TPSA) is 54.8 Å². The molecule has 2 atom stereocenters. The smallest absolute Gasteiger partial charge is 0.174 e. The summed E-state index contributed by atoms with van der Waals surface area (Å²) in [5.41, 5.74) is 7.51. The van der Waals surface area contributed by atoms with Crippen molar-refractivity contribution in [3.05, 3.63) is 101 Å². The van der Waals surface area contributed by atoms with E-state index < -0.39 is 0 Å². The van der Waals surface area contributed by atoms with Crippen molar-refractivity contribution in [3.63, 3.8) is 0 Å². The highest BCUT2D eigenvalue weighted by molar-refractivity contribution is 7.80. The number of aromatic nitrogens is 2. The summed E-state index contributed by atoms with van der Waals surface area (Å²) < 4.78 is 13.2. The average molecular weight is 576 g/mol. The van der Waals surface area contributed by atoms with Crippen LogP contribution in [0.4, 0.5) is 11.4 Å². The van der Waals surface area contributed by atoms with E-state index in [0.717, 1.165) is 39.7 Å². The van der Waals surface area contributed by atoms with Crippen molar-refractivity contribution in [1.29, 1.82) is 0 Å². The zero-order chi connectivity index (χ0) is 28.4. The van der Waals surface area contributed by atoms with E-state index in [-0.39, 0.29) is 12.1 Å². The molecule has 2 aromatic carbocycles. The second-order valence-corrected chi connectivity index (χ2v) is 10.8. The van der Waals surface area contributed by atoms with Gasteiger partial charge >= 0.3 is 0 Å². The van der Waals surface area contributed by atoms with E-state index in [9.17, 15) is 0 Å². The summed E-state index contributed by atoms with van der Waals surface area (Å²) in [6, 6.07) is 22.3. The van der Waals surface area contributed by atoms with E-state index in [4.69, 9.17) is 38.3 Å². The lowest BCUT2D eigenvalue weighted by Crippen LogP contribution is -2.29. The van der Waals surface area contributed by atoms with Crippen molar-refractivity contribution < 1.29 is 9.47 Å². The lowest BCUT2D eigenvalue weighted by molar-refractivity contribution is 0.146. The number of nitrogens with one attached hydrogen (secondary N) is 1. The Morgan fingerprint density at radius 3 is 2.40 bits per heavy atom. The first-order valence-electron chi connectivity index (χ1n) is 13.2. The molecule has 0 spiro atoms. The molecule has 1 N–H and O–H groups in total. The summed E-state index contributed by atoms with van der Waals surface area (Å²) >= 11 is 12.6. The van der Waals surface area contributed by atoms with Crippen LogP contribution in [-0.2, 0) is 4.74 Å². The Labute approximate surface area is 246 Å². The highest BCUT2D eigenvalue weighted by Crippen LogP contribution is 2.45. The second-order valence-electron chi connectivity index (χ2n) is 10.0. The van der Waals surface area contributed by atoms with E-state index in [1.165, 1.54) is 0 Å². The van der Waals surface area contributed by atoms with E-state index in [1.807, 2.05) is 56.7 Å². The average Bonchev–Trinajstić information content (AvgIpc) is 3.44. The first-order chi connectivity index (χ1) is 19.3. The molecule has 1 fully saturated rings. The number of pyridine rings is 1. The molecule has 1 aliphatic heterocycles. The van der Waals surface area contributed by atoms with Gasteiger partial charge in [-0.05, 0) is 92.3 Å². The molecule has 208 valence electrons. The maximum absolute atomic E-state index is 6.68. The number of halogens is 1. The zero-order valence-corrected chi connectivity index (χ0v) is 25.0. The van der Waals surface area contributed by atoms with Crippen LogP contribution in [0.25, 0.3) is 5.69 Å². The van der Waals surface area contributed by atoms with Crippen molar-refractivity contribution in [2.75, 3.05) is 44.2 Å². The fourth-order valence-corrected chi connectivity index (χ4v) is 5.90. The number of aryl methyl sites for hydroxylation is 1. The van der Waals surface area contributed by atoms with Gasteiger partial charge in [-0.3, -0.25) is 4.98 Å². The van der Waals surface area contributed by atoms with Crippen LogP contribution in [0.1, 0.15) is 34.7 Å². The van der Waals surface area contributed by atoms with Crippen LogP contribution in [0.2, 0.25) is 5.02 Å². The van der Waals surface area contributed by atoms with Crippen molar-refractivity contribution in [2.24, 2.45) is 0 Å². The summed E-state index contributed by atoms with van der Waals surface area (Å²) in [7, 11) is 5.74. The van der Waals surface area contributed by atoms with Gasteiger partial charge in [-0.1, -0.05) is 17.7 Å². The lowest BCUT2D eigenvalue weighted by atomic mass is 9.96. The summed E-state index contributed by atoms with van der Waals surface area (Å²) in [5, 5.41) is 4.68. The molecule has 1 saturated heterocycles. The third kappa shape index (κ3) is 5.39. The van der Waals surface area contributed by atoms with Gasteiger partial charge in [-0.25, -0.2) is 0 Å². The lowest BCUT2D eigenvalue weighted by Gasteiger charge is -2.28. The molecule has 0 aliphatic carbocycles. The molecule has 5 rings (SSSR count). The molecule has 7 nitrogen and oxygen atoms in total. The van der Waals surface area contributed by atoms with Crippen LogP contribution in [0.15, 0.2) is 72.9 Å². The Bertz CT molecular complexity index is 1490. The largest absolute Gasteiger partial charge is 0.490 e. The number of nitrogens with zero attached hydrogens (tertiary/aromatic N) is 4. The van der Waals surface area contributed by atoms with Crippen LogP contribution in [0.3, 0.4) is 0 Å². The normalized spacial score (nSPS) is 16.8. The highest BCUT2D eigenvalue weighted by Gasteiger charge is 2.42. The van der Waals surface area contributed by atoms with E-state index in [2.05, 4.69) is 63.9 Å². The molecule has 0 radical (unpaired) electrons. The van der Waals surface area contributed by atoms with Gasteiger partial charge in [0.05, 0.1) is 29.4 Å². The van der Waals surface area contributed by atoms with Gasteiger partial charge in [-0.15, -0.1) is 0 Å². The minimum absolute atomic E-state index is 0.153. The Morgan fingerprint density at radius 2 is 1.75 bits per heavy atom. The van der Waals surface area contributed by atoms with Crippen LogP contribution < -0.4 is 19.9 Å². The summed E-state index contributed by atoms with van der Waals surface area (Å²) in [6.07, 6.45) is 1.82. The molecule has 1 aliphatic rings. The van der Waals surface area contributed by atoms with Gasteiger partial charge in [0, 0.05) is 55.9 Å². The standard InChI is InChI=1S/C31H34ClN5O2S/c1-20-18-25(21(2)36(20)23-11-9-22(10-12-23)35(3)4)30-29(27-8-6-7-15-33-27)34-31(40)37(30)24-13-14-28(26(32)19-24)39-17-16-38-5/h6-15,18-19,29-30H,16-17H2,1-5H3,(H,34,40)/t29-,30+/m1/s1. The van der Waals surface area contributed by atoms with Gasteiger partial charge in [0.1, 0.15) is 12.4 Å². The van der Waals surface area contributed by atoms with Crippen LogP contribution in [0.5, 0.6) is 5.75 Å². The summed E-state index contributed by atoms with van der Waals surface area (Å²) in [6.45, 7) is 5.21. The first kappa shape index (κ1) is 28.0. The number of hydrogen-bond donors (Lipinski definition) is 1. The van der Waals surface area contributed by atoms with Gasteiger partial charge in [0.2, 0.25) is 0 Å². The summed E-state index contributed by atoms with van der Waals surface area (Å²) in [4.78, 5) is 8.94. The molecule has 0 bridgehead atoms. The third-order valence-electron chi connectivity index (χ3n) is 7.25. The van der Waals surface area contributed by atoms with Crippen molar-refractivity contribution in [1.82, 2.24) is 14.9 Å². The molecule has 2 aromatic heterocycles. The van der Waals surface area contributed by atoms with Crippen molar-refractivity contribution >= 4 is 40.3 Å². The van der Waals surface area contributed by atoms with Gasteiger partial charge < -0.3 is 29.2 Å². The molecular weight excluding hydrogens is 542 g/mol. The number of benzene rings is 2. The molecule has 0 amide bonds. The van der Waals surface area contributed by atoms with E-state index in [0.29, 0.717) is 29.1 Å². The predicted octanol–water partition coefficient (Wildman–Crippen LogP) is 6.41. The molecule has 4 aromatic rings. The predicted molar refractivity (Wildman–Crippen MR) is 166 cm³/mol. The Morgan fingerprint density at radius 1 is 1.00 bits per heavy atom. The maximum atomic E-state index is 6.68. The van der Waals surface area contributed by atoms with Crippen molar-refractivity contribution in [2.45, 2.75) is 25.9 Å². The van der Waals surface area contributed by atoms with Crippen LogP contribution in [0, 0.1) is 13.8 Å². The maximum Gasteiger partial charge on any atom is 0.174 e.